The van der Waals surface area contributed by atoms with Crippen molar-refractivity contribution in [2.45, 2.75) is 45.6 Å². The molecule has 5 rings (SSSR count). The van der Waals surface area contributed by atoms with Gasteiger partial charge in [0.15, 0.2) is 5.82 Å². The molecular weight excluding hydrogens is 382 g/mol. The molecule has 0 radical (unpaired) electrons. The summed E-state index contributed by atoms with van der Waals surface area (Å²) in [5.41, 5.74) is 1.60. The van der Waals surface area contributed by atoms with Crippen molar-refractivity contribution < 1.29 is 14.1 Å². The molecule has 4 heterocycles. The smallest absolute Gasteiger partial charge is 0.258 e. The van der Waals surface area contributed by atoms with E-state index in [1.54, 1.807) is 0 Å². The van der Waals surface area contributed by atoms with Gasteiger partial charge in [0.25, 0.3) is 5.89 Å². The number of hydrogen-bond donors (Lipinski definition) is 0. The molecular formula is C22H27N5O3. The van der Waals surface area contributed by atoms with Crippen LogP contribution in [0.15, 0.2) is 28.9 Å². The van der Waals surface area contributed by atoms with Gasteiger partial charge in [0, 0.05) is 35.4 Å². The van der Waals surface area contributed by atoms with Crippen molar-refractivity contribution in [1.82, 2.24) is 24.8 Å². The normalized spacial score (nSPS) is 18.7. The van der Waals surface area contributed by atoms with Gasteiger partial charge in [0.1, 0.15) is 0 Å². The Balaban J connectivity index is 1.32. The van der Waals surface area contributed by atoms with Gasteiger partial charge in [-0.05, 0) is 25.0 Å². The number of amides is 1. The second-order valence-electron chi connectivity index (χ2n) is 9.33. The third-order valence-corrected chi connectivity index (χ3v) is 6.04. The molecule has 2 aromatic heterocycles. The zero-order valence-corrected chi connectivity index (χ0v) is 17.7. The van der Waals surface area contributed by atoms with Gasteiger partial charge in [-0.1, -0.05) is 32.0 Å². The first kappa shape index (κ1) is 19.2. The van der Waals surface area contributed by atoms with Crippen LogP contribution in [0.3, 0.4) is 0 Å². The Hall–Kier alpha value is -2.74. The molecule has 0 N–H and O–H groups in total. The fourth-order valence-corrected chi connectivity index (χ4v) is 4.16. The summed E-state index contributed by atoms with van der Waals surface area (Å²) in [4.78, 5) is 19.1. The van der Waals surface area contributed by atoms with Crippen LogP contribution in [0.25, 0.3) is 22.4 Å². The first-order valence-electron chi connectivity index (χ1n) is 10.6. The number of aromatic nitrogens is 4. The van der Waals surface area contributed by atoms with E-state index >= 15 is 0 Å². The zero-order chi connectivity index (χ0) is 20.9. The van der Waals surface area contributed by atoms with Crippen LogP contribution in [0.5, 0.6) is 0 Å². The van der Waals surface area contributed by atoms with E-state index in [0.717, 1.165) is 48.2 Å². The Morgan fingerprint density at radius 1 is 1.17 bits per heavy atom. The van der Waals surface area contributed by atoms with E-state index in [0.29, 0.717) is 19.1 Å². The van der Waals surface area contributed by atoms with Crippen molar-refractivity contribution in [1.29, 1.82) is 0 Å². The molecule has 2 saturated heterocycles. The predicted octanol–water partition coefficient (Wildman–Crippen LogP) is 3.41. The Labute approximate surface area is 175 Å². The lowest BCUT2D eigenvalue weighted by molar-refractivity contribution is -0.140. The summed E-state index contributed by atoms with van der Waals surface area (Å²) in [6.45, 7) is 8.76. The van der Waals surface area contributed by atoms with Gasteiger partial charge in [0.2, 0.25) is 5.91 Å². The molecule has 1 aromatic carbocycles. The number of ether oxygens (including phenoxy) is 1. The van der Waals surface area contributed by atoms with Gasteiger partial charge in [-0.25, -0.2) is 0 Å². The Bertz CT molecular complexity index is 1070. The average molecular weight is 409 g/mol. The van der Waals surface area contributed by atoms with Gasteiger partial charge < -0.3 is 14.2 Å². The molecule has 3 aromatic rings. The molecule has 30 heavy (non-hydrogen) atoms. The van der Waals surface area contributed by atoms with E-state index in [1.165, 1.54) is 0 Å². The summed E-state index contributed by atoms with van der Waals surface area (Å²) < 4.78 is 12.9. The lowest BCUT2D eigenvalue weighted by Gasteiger charge is -2.34. The van der Waals surface area contributed by atoms with Crippen LogP contribution < -0.4 is 0 Å². The minimum absolute atomic E-state index is 0.205. The highest BCUT2D eigenvalue weighted by molar-refractivity contribution is 5.83. The van der Waals surface area contributed by atoms with Crippen molar-refractivity contribution in [3.8, 4) is 11.5 Å². The van der Waals surface area contributed by atoms with Crippen molar-refractivity contribution in [3.63, 3.8) is 0 Å². The molecule has 0 saturated carbocycles. The van der Waals surface area contributed by atoms with Crippen LogP contribution in [0.1, 0.15) is 51.4 Å². The first-order chi connectivity index (χ1) is 14.4. The highest BCUT2D eigenvalue weighted by atomic mass is 16.5. The standard InChI is InChI=1S/C22H27N5O3/c1-22(2,3)21(28)26-8-6-14(7-9-26)19-24-20(30-25-19)15-4-5-16-11-23-27(18(16)10-15)17-12-29-13-17/h4-5,10-11,14,17H,6-9,12-13H2,1-3H3. The minimum Gasteiger partial charge on any atom is -0.377 e. The zero-order valence-electron chi connectivity index (χ0n) is 17.7. The number of carbonyl (C=O) groups is 1. The lowest BCUT2D eigenvalue weighted by Crippen LogP contribution is -2.43. The number of fused-ring (bicyclic) bond motifs is 1. The summed E-state index contributed by atoms with van der Waals surface area (Å²) >= 11 is 0. The monoisotopic (exact) mass is 409 g/mol. The van der Waals surface area contributed by atoms with Crippen LogP contribution in [-0.4, -0.2) is 57.0 Å². The van der Waals surface area contributed by atoms with Crippen LogP contribution in [0.4, 0.5) is 0 Å². The van der Waals surface area contributed by atoms with Crippen molar-refractivity contribution >= 4 is 16.8 Å². The molecule has 8 heteroatoms. The van der Waals surface area contributed by atoms with Crippen LogP contribution in [0.2, 0.25) is 0 Å². The molecule has 2 aliphatic rings. The number of nitrogens with zero attached hydrogens (tertiary/aromatic N) is 5. The molecule has 0 spiro atoms. The number of benzene rings is 1. The topological polar surface area (TPSA) is 86.3 Å². The summed E-state index contributed by atoms with van der Waals surface area (Å²) in [5.74, 6) is 1.68. The molecule has 0 unspecified atom stereocenters. The summed E-state index contributed by atoms with van der Waals surface area (Å²) in [5, 5.41) is 9.85. The average Bonchev–Trinajstić information content (AvgIpc) is 3.33. The van der Waals surface area contributed by atoms with E-state index in [9.17, 15) is 4.79 Å². The van der Waals surface area contributed by atoms with Gasteiger partial charge in [-0.2, -0.15) is 10.1 Å². The first-order valence-corrected chi connectivity index (χ1v) is 10.6. The van der Waals surface area contributed by atoms with Gasteiger partial charge in [-0.15, -0.1) is 0 Å². The van der Waals surface area contributed by atoms with E-state index in [4.69, 9.17) is 9.26 Å². The molecule has 0 aliphatic carbocycles. The van der Waals surface area contributed by atoms with Crippen LogP contribution >= 0.6 is 0 Å². The second-order valence-corrected chi connectivity index (χ2v) is 9.33. The number of likely N-dealkylation sites (tertiary alicyclic amines) is 1. The molecule has 158 valence electrons. The van der Waals surface area contributed by atoms with Crippen molar-refractivity contribution in [2.75, 3.05) is 26.3 Å². The Morgan fingerprint density at radius 2 is 1.93 bits per heavy atom. The van der Waals surface area contributed by atoms with Crippen molar-refractivity contribution in [3.05, 3.63) is 30.2 Å². The summed E-state index contributed by atoms with van der Waals surface area (Å²) in [6, 6.07) is 6.38. The molecule has 1 amide bonds. The maximum atomic E-state index is 12.5. The molecule has 2 fully saturated rings. The fraction of sp³-hybridized carbons (Fsp3) is 0.545. The fourth-order valence-electron chi connectivity index (χ4n) is 4.16. The summed E-state index contributed by atoms with van der Waals surface area (Å²) in [7, 11) is 0. The van der Waals surface area contributed by atoms with E-state index in [1.807, 2.05) is 48.7 Å². The molecule has 0 atom stereocenters. The van der Waals surface area contributed by atoms with Gasteiger partial charge in [0.05, 0.1) is 31.0 Å². The van der Waals surface area contributed by atoms with Gasteiger partial charge in [-0.3, -0.25) is 9.48 Å². The Morgan fingerprint density at radius 3 is 2.60 bits per heavy atom. The van der Waals surface area contributed by atoms with E-state index in [2.05, 4.69) is 21.3 Å². The highest BCUT2D eigenvalue weighted by Gasteiger charge is 2.32. The Kier molecular flexibility index (Phi) is 4.61. The maximum Gasteiger partial charge on any atom is 0.258 e. The van der Waals surface area contributed by atoms with Crippen LogP contribution in [0, 0.1) is 5.41 Å². The van der Waals surface area contributed by atoms with Gasteiger partial charge >= 0.3 is 0 Å². The number of piperidine rings is 1. The third-order valence-electron chi connectivity index (χ3n) is 6.04. The van der Waals surface area contributed by atoms with Crippen LogP contribution in [-0.2, 0) is 9.53 Å². The number of rotatable bonds is 3. The molecule has 0 bridgehead atoms. The quantitative estimate of drug-likeness (QED) is 0.659. The second kappa shape index (κ2) is 7.19. The largest absolute Gasteiger partial charge is 0.377 e. The highest BCUT2D eigenvalue weighted by Crippen LogP contribution is 2.31. The lowest BCUT2D eigenvalue weighted by atomic mass is 9.91. The molecule has 8 nitrogen and oxygen atoms in total. The van der Waals surface area contributed by atoms with E-state index in [-0.39, 0.29) is 23.3 Å². The SMILES string of the molecule is CC(C)(C)C(=O)N1CCC(c2noc(-c3ccc4cnn(C5COC5)c4c3)n2)CC1. The van der Waals surface area contributed by atoms with E-state index < -0.39 is 0 Å². The number of carbonyl (C=O) groups excluding carboxylic acids is 1. The summed E-state index contributed by atoms with van der Waals surface area (Å²) in [6.07, 6.45) is 3.59. The minimum atomic E-state index is -0.344. The van der Waals surface area contributed by atoms with Crippen molar-refractivity contribution in [2.24, 2.45) is 5.41 Å². The molecule has 2 aliphatic heterocycles. The number of hydrogen-bond acceptors (Lipinski definition) is 6. The predicted molar refractivity (Wildman–Crippen MR) is 111 cm³/mol. The third kappa shape index (κ3) is 3.39. The maximum absolute atomic E-state index is 12.5.